The second-order valence-corrected chi connectivity index (χ2v) is 7.80. The number of anilines is 1. The highest BCUT2D eigenvalue weighted by Gasteiger charge is 2.63. The molecule has 2 bridgehead atoms. The Morgan fingerprint density at radius 1 is 1.19 bits per heavy atom. The van der Waals surface area contributed by atoms with E-state index in [1.54, 1.807) is 16.8 Å². The summed E-state index contributed by atoms with van der Waals surface area (Å²) >= 11 is 6.10. The molecule has 2 amide bonds. The summed E-state index contributed by atoms with van der Waals surface area (Å²) in [5, 5.41) is 4.77. The van der Waals surface area contributed by atoms with Crippen molar-refractivity contribution < 1.29 is 18.7 Å². The molecule has 27 heavy (non-hydrogen) atoms. The number of fused-ring (bicyclic) bond motifs is 5. The molecular formula is C19H17ClFN3O3. The average molecular weight is 390 g/mol. The van der Waals surface area contributed by atoms with Crippen LogP contribution in [-0.4, -0.2) is 33.8 Å². The minimum atomic E-state index is -0.404. The minimum absolute atomic E-state index is 0.150. The topological polar surface area (TPSA) is 64.4 Å². The number of amides is 2. The number of aromatic nitrogens is 2. The average Bonchev–Trinajstić information content (AvgIpc) is 3.35. The van der Waals surface area contributed by atoms with Gasteiger partial charge in [-0.15, -0.1) is 0 Å². The van der Waals surface area contributed by atoms with Crippen LogP contribution in [0.5, 0.6) is 0 Å². The van der Waals surface area contributed by atoms with Crippen LogP contribution in [0, 0.1) is 24.6 Å². The number of halogens is 2. The molecule has 4 atom stereocenters. The van der Waals surface area contributed by atoms with Crippen molar-refractivity contribution in [2.45, 2.75) is 38.5 Å². The largest absolute Gasteiger partial charge is 0.373 e. The summed E-state index contributed by atoms with van der Waals surface area (Å²) in [5.41, 5.74) is 1.49. The lowest BCUT2D eigenvalue weighted by Gasteiger charge is -2.15. The van der Waals surface area contributed by atoms with E-state index in [0.717, 1.165) is 18.5 Å². The normalized spacial score (nSPS) is 29.1. The Labute approximate surface area is 159 Å². The van der Waals surface area contributed by atoms with E-state index in [4.69, 9.17) is 16.3 Å². The summed E-state index contributed by atoms with van der Waals surface area (Å²) in [4.78, 5) is 26.9. The van der Waals surface area contributed by atoms with E-state index in [-0.39, 0.29) is 35.9 Å². The number of carbonyl (C=O) groups is 2. The third-order valence-electron chi connectivity index (χ3n) is 5.82. The number of carbonyl (C=O) groups excluding carboxylic acids is 2. The van der Waals surface area contributed by atoms with Gasteiger partial charge in [-0.3, -0.25) is 14.3 Å². The monoisotopic (exact) mass is 389 g/mol. The number of nitrogens with zero attached hydrogens (tertiary/aromatic N) is 3. The molecule has 0 saturated carbocycles. The van der Waals surface area contributed by atoms with Crippen molar-refractivity contribution in [3.8, 4) is 0 Å². The number of hydrogen-bond donors (Lipinski definition) is 0. The van der Waals surface area contributed by atoms with Gasteiger partial charge in [-0.25, -0.2) is 9.29 Å². The molecule has 3 aliphatic rings. The maximum atomic E-state index is 13.2. The van der Waals surface area contributed by atoms with Gasteiger partial charge in [0.2, 0.25) is 11.8 Å². The van der Waals surface area contributed by atoms with Crippen molar-refractivity contribution in [3.05, 3.63) is 46.4 Å². The Morgan fingerprint density at radius 3 is 2.48 bits per heavy atom. The first-order valence-corrected chi connectivity index (χ1v) is 9.33. The van der Waals surface area contributed by atoms with Crippen molar-refractivity contribution in [1.82, 2.24) is 9.78 Å². The van der Waals surface area contributed by atoms with Crippen LogP contribution >= 0.6 is 11.6 Å². The fourth-order valence-electron chi connectivity index (χ4n) is 4.51. The van der Waals surface area contributed by atoms with Crippen LogP contribution in [-0.2, 0) is 20.9 Å². The first-order chi connectivity index (χ1) is 12.9. The van der Waals surface area contributed by atoms with Crippen LogP contribution in [0.25, 0.3) is 0 Å². The SMILES string of the molecule is Cc1cc(N2C(=O)[C@@H]3[C@H](C2=O)[C@H]2CC[C@@H]3O2)nn1Cc1ccc(F)cc1Cl. The Balaban J connectivity index is 1.44. The van der Waals surface area contributed by atoms with Gasteiger partial charge in [-0.2, -0.15) is 5.10 Å². The molecule has 1 aromatic heterocycles. The molecule has 6 nitrogen and oxygen atoms in total. The molecule has 0 spiro atoms. The molecule has 3 saturated heterocycles. The summed E-state index contributed by atoms with van der Waals surface area (Å²) in [6.45, 7) is 2.16. The van der Waals surface area contributed by atoms with Crippen LogP contribution in [0.4, 0.5) is 10.2 Å². The quantitative estimate of drug-likeness (QED) is 0.757. The number of aryl methyl sites for hydroxylation is 1. The molecule has 0 radical (unpaired) electrons. The second kappa shape index (κ2) is 5.87. The predicted molar refractivity (Wildman–Crippen MR) is 94.8 cm³/mol. The molecule has 3 aliphatic heterocycles. The predicted octanol–water partition coefficient (Wildman–Crippen LogP) is 2.70. The van der Waals surface area contributed by atoms with Gasteiger partial charge in [-0.1, -0.05) is 17.7 Å². The summed E-state index contributed by atoms with van der Waals surface area (Å²) in [5.74, 6) is -1.28. The highest BCUT2D eigenvalue weighted by molar-refractivity contribution is 6.31. The van der Waals surface area contributed by atoms with E-state index < -0.39 is 5.82 Å². The standard InChI is InChI=1S/C19H17ClFN3O3/c1-9-6-15(22-23(9)8-10-2-3-11(21)7-12(10)20)24-18(25)16-13-4-5-14(27-13)17(16)19(24)26/h2-3,6-7,13-14,16-17H,4-5,8H2,1H3/t13-,14+,16-,17+. The van der Waals surface area contributed by atoms with Gasteiger partial charge in [0, 0.05) is 16.8 Å². The zero-order chi connectivity index (χ0) is 18.9. The lowest BCUT2D eigenvalue weighted by atomic mass is 9.81. The third kappa shape index (κ3) is 2.45. The van der Waals surface area contributed by atoms with E-state index in [1.165, 1.54) is 17.0 Å². The van der Waals surface area contributed by atoms with Gasteiger partial charge >= 0.3 is 0 Å². The molecule has 0 aliphatic carbocycles. The minimum Gasteiger partial charge on any atom is -0.373 e. The number of benzene rings is 1. The van der Waals surface area contributed by atoms with Crippen molar-refractivity contribution in [2.75, 3.05) is 4.90 Å². The van der Waals surface area contributed by atoms with Crippen LogP contribution in [0.1, 0.15) is 24.1 Å². The van der Waals surface area contributed by atoms with Crippen molar-refractivity contribution in [2.24, 2.45) is 11.8 Å². The Bertz CT molecular complexity index is 947. The van der Waals surface area contributed by atoms with Gasteiger partial charge in [0.25, 0.3) is 0 Å². The van der Waals surface area contributed by atoms with Crippen molar-refractivity contribution in [3.63, 3.8) is 0 Å². The molecule has 0 unspecified atom stereocenters. The highest BCUT2D eigenvalue weighted by Crippen LogP contribution is 2.49. The lowest BCUT2D eigenvalue weighted by molar-refractivity contribution is -0.124. The summed E-state index contributed by atoms with van der Waals surface area (Å²) in [6, 6.07) is 5.91. The number of hydrogen-bond acceptors (Lipinski definition) is 4. The fourth-order valence-corrected chi connectivity index (χ4v) is 4.74. The number of ether oxygens (including phenoxy) is 1. The molecule has 1 aromatic carbocycles. The fraction of sp³-hybridized carbons (Fsp3) is 0.421. The Kier molecular flexibility index (Phi) is 3.67. The Hall–Kier alpha value is -2.25. The van der Waals surface area contributed by atoms with E-state index >= 15 is 0 Å². The van der Waals surface area contributed by atoms with Crippen LogP contribution < -0.4 is 4.90 Å². The molecule has 140 valence electrons. The second-order valence-electron chi connectivity index (χ2n) is 7.39. The molecule has 0 N–H and O–H groups in total. The van der Waals surface area contributed by atoms with E-state index in [9.17, 15) is 14.0 Å². The zero-order valence-electron chi connectivity index (χ0n) is 14.6. The first kappa shape index (κ1) is 16.9. The van der Waals surface area contributed by atoms with Gasteiger partial charge in [-0.05, 0) is 37.5 Å². The van der Waals surface area contributed by atoms with Crippen molar-refractivity contribution >= 4 is 29.2 Å². The van der Waals surface area contributed by atoms with E-state index in [2.05, 4.69) is 5.10 Å². The van der Waals surface area contributed by atoms with Gasteiger partial charge < -0.3 is 4.74 Å². The Morgan fingerprint density at radius 2 is 1.85 bits per heavy atom. The maximum absolute atomic E-state index is 13.2. The lowest BCUT2D eigenvalue weighted by Crippen LogP contribution is -2.34. The molecule has 4 heterocycles. The van der Waals surface area contributed by atoms with Crippen LogP contribution in [0.3, 0.4) is 0 Å². The molecule has 8 heteroatoms. The molecular weight excluding hydrogens is 373 g/mol. The van der Waals surface area contributed by atoms with Crippen LogP contribution in [0.2, 0.25) is 5.02 Å². The van der Waals surface area contributed by atoms with E-state index in [0.29, 0.717) is 22.9 Å². The van der Waals surface area contributed by atoms with Crippen LogP contribution in [0.15, 0.2) is 24.3 Å². The molecule has 3 fully saturated rings. The first-order valence-electron chi connectivity index (χ1n) is 8.95. The van der Waals surface area contributed by atoms with Gasteiger partial charge in [0.1, 0.15) is 5.82 Å². The van der Waals surface area contributed by atoms with Gasteiger partial charge in [0.05, 0.1) is 30.6 Å². The maximum Gasteiger partial charge on any atom is 0.241 e. The third-order valence-corrected chi connectivity index (χ3v) is 6.17. The molecule has 5 rings (SSSR count). The molecule has 2 aromatic rings. The number of rotatable bonds is 3. The van der Waals surface area contributed by atoms with Crippen molar-refractivity contribution in [1.29, 1.82) is 0 Å². The summed E-state index contributed by atoms with van der Waals surface area (Å²) in [6.07, 6.45) is 1.36. The van der Waals surface area contributed by atoms with Gasteiger partial charge in [0.15, 0.2) is 5.82 Å². The highest BCUT2D eigenvalue weighted by atomic mass is 35.5. The summed E-state index contributed by atoms with van der Waals surface area (Å²) < 4.78 is 20.7. The van der Waals surface area contributed by atoms with E-state index in [1.807, 2.05) is 6.92 Å². The smallest absolute Gasteiger partial charge is 0.241 e. The summed E-state index contributed by atoms with van der Waals surface area (Å²) in [7, 11) is 0. The zero-order valence-corrected chi connectivity index (χ0v) is 15.3. The number of imide groups is 1.